The summed E-state index contributed by atoms with van der Waals surface area (Å²) in [4.78, 5) is 0.921. The Morgan fingerprint density at radius 1 is 1.46 bits per heavy atom. The van der Waals surface area contributed by atoms with E-state index in [4.69, 9.17) is 23.2 Å². The molecule has 2 nitrogen and oxygen atoms in total. The lowest BCUT2D eigenvalue weighted by atomic mass is 10.4. The van der Waals surface area contributed by atoms with Gasteiger partial charge in [0.1, 0.15) is 9.72 Å². The molecule has 1 rings (SSSR count). The van der Waals surface area contributed by atoms with Gasteiger partial charge in [0.15, 0.2) is 0 Å². The van der Waals surface area contributed by atoms with E-state index >= 15 is 0 Å². The number of thiocyanates is 1. The molecule has 0 amide bonds. The van der Waals surface area contributed by atoms with E-state index in [0.717, 1.165) is 4.90 Å². The van der Waals surface area contributed by atoms with Crippen LogP contribution < -0.4 is 5.73 Å². The predicted molar refractivity (Wildman–Crippen MR) is 60.6 cm³/mol. The highest BCUT2D eigenvalue weighted by atomic mass is 32.3. The van der Waals surface area contributed by atoms with Gasteiger partial charge in [-0.25, -0.2) is 0 Å². The fourth-order valence-corrected chi connectivity index (χ4v) is 2.44. The van der Waals surface area contributed by atoms with Gasteiger partial charge < -0.3 is 5.73 Å². The maximum Gasteiger partial charge on any atom is 0.130 e. The molecule has 0 heterocycles. The van der Waals surface area contributed by atoms with Crippen LogP contribution >= 0.6 is 22.2 Å². The lowest BCUT2D eigenvalue weighted by molar-refractivity contribution is 1.45. The molecule has 0 saturated heterocycles. The van der Waals surface area contributed by atoms with E-state index in [1.165, 1.54) is 0 Å². The Morgan fingerprint density at radius 3 is 2.38 bits per heavy atom. The summed E-state index contributed by atoms with van der Waals surface area (Å²) >= 11 is 4.90. The molecule has 1 aromatic carbocycles. The fourth-order valence-electron chi connectivity index (χ4n) is 0.907. The zero-order valence-electron chi connectivity index (χ0n) is 7.23. The van der Waals surface area contributed by atoms with Gasteiger partial charge in [0.05, 0.1) is 0 Å². The smallest absolute Gasteiger partial charge is 0.130 e. The molecule has 1 atom stereocenters. The molecule has 0 aliphatic carbocycles. The summed E-state index contributed by atoms with van der Waals surface area (Å²) in [6.07, 6.45) is 1.81. The summed E-state index contributed by atoms with van der Waals surface area (Å²) in [5, 5.41) is 11.2. The Balaban J connectivity index is 3.21. The van der Waals surface area contributed by atoms with Gasteiger partial charge in [-0.2, -0.15) is 5.26 Å². The van der Waals surface area contributed by atoms with E-state index in [2.05, 4.69) is 5.40 Å². The van der Waals surface area contributed by atoms with E-state index < -0.39 is 10.0 Å². The van der Waals surface area contributed by atoms with Crippen molar-refractivity contribution in [1.82, 2.24) is 0 Å². The van der Waals surface area contributed by atoms with Crippen molar-refractivity contribution in [3.63, 3.8) is 0 Å². The monoisotopic (exact) mass is 210 g/mol. The summed E-state index contributed by atoms with van der Waals surface area (Å²) < 4.78 is 0.293. The largest absolute Gasteiger partial charge is 0.385 e. The minimum Gasteiger partial charge on any atom is -0.385 e. The number of hydrogen-bond acceptors (Lipinski definition) is 2. The van der Waals surface area contributed by atoms with Crippen molar-refractivity contribution in [2.45, 2.75) is 4.90 Å². The van der Waals surface area contributed by atoms with Crippen LogP contribution in [0.25, 0.3) is 0 Å². The second-order valence-electron chi connectivity index (χ2n) is 2.64. The van der Waals surface area contributed by atoms with Crippen LogP contribution in [0.3, 0.4) is 0 Å². The molecule has 4 heteroatoms. The highest BCUT2D eigenvalue weighted by Crippen LogP contribution is 2.51. The van der Waals surface area contributed by atoms with Crippen molar-refractivity contribution in [2.75, 3.05) is 6.26 Å². The Morgan fingerprint density at radius 2 is 2.00 bits per heavy atom. The predicted octanol–water partition coefficient (Wildman–Crippen LogP) is 2.20. The Bertz CT molecular complexity index is 356. The van der Waals surface area contributed by atoms with Crippen molar-refractivity contribution >= 4 is 26.6 Å². The molecule has 0 spiro atoms. The van der Waals surface area contributed by atoms with Crippen molar-refractivity contribution in [3.8, 4) is 5.40 Å². The lowest BCUT2D eigenvalue weighted by Crippen LogP contribution is -2.16. The Kier molecular flexibility index (Phi) is 2.91. The Labute approximate surface area is 84.7 Å². The summed E-state index contributed by atoms with van der Waals surface area (Å²) in [7, 11) is -1.76. The third kappa shape index (κ3) is 1.82. The van der Waals surface area contributed by atoms with Gasteiger partial charge in [-0.3, -0.25) is 0 Å². The maximum absolute atomic E-state index is 9.03. The second kappa shape index (κ2) is 3.77. The number of nitrogens with zero attached hydrogens (tertiary/aromatic N) is 1. The molecule has 0 radical (unpaired) electrons. The first-order valence-corrected chi connectivity index (χ1v) is 6.10. The van der Waals surface area contributed by atoms with Crippen molar-refractivity contribution < 1.29 is 0 Å². The first-order chi connectivity index (χ1) is 6.11. The maximum atomic E-state index is 9.03. The van der Waals surface area contributed by atoms with Crippen LogP contribution in [0, 0.1) is 10.7 Å². The third-order valence-electron chi connectivity index (χ3n) is 1.80. The van der Waals surface area contributed by atoms with E-state index in [1.54, 1.807) is 0 Å². The zero-order chi connectivity index (χ0) is 9.90. The highest BCUT2D eigenvalue weighted by Gasteiger charge is 2.23. The summed E-state index contributed by atoms with van der Waals surface area (Å²) in [6, 6.07) is 9.45. The van der Waals surface area contributed by atoms with Crippen molar-refractivity contribution in [1.29, 1.82) is 5.26 Å². The molecule has 0 fully saturated rings. The summed E-state index contributed by atoms with van der Waals surface area (Å²) in [5.74, 6) is 0. The normalized spacial score (nSPS) is 16.6. The van der Waals surface area contributed by atoms with Gasteiger partial charge in [-0.05, 0) is 18.4 Å². The molecule has 0 saturated carbocycles. The van der Waals surface area contributed by atoms with Crippen LogP contribution in [0.15, 0.2) is 35.2 Å². The van der Waals surface area contributed by atoms with Crippen LogP contribution in [0.2, 0.25) is 0 Å². The minimum atomic E-state index is -1.76. The average Bonchev–Trinajstić information content (AvgIpc) is 2.17. The molecular formula is C9H10N2S2. The molecule has 2 N–H and O–H groups in total. The minimum absolute atomic E-state index is 0.293. The summed E-state index contributed by atoms with van der Waals surface area (Å²) in [5.41, 5.74) is 5.56. The fraction of sp³-hybridized carbons (Fsp3) is 0.111. The lowest BCUT2D eigenvalue weighted by Gasteiger charge is -2.25. The SMILES string of the molecule is CS(C#N)(C(N)=S)c1ccccc1. The standard InChI is InChI=1S/C9H10N2S2/c1-13(7-10,9(11)12)8-5-3-2-4-6-8/h2-6H,1H3,(H2,11,12). The molecule has 0 aliphatic rings. The van der Waals surface area contributed by atoms with Crippen LogP contribution in [0.1, 0.15) is 0 Å². The highest BCUT2D eigenvalue weighted by molar-refractivity contribution is 8.52. The quantitative estimate of drug-likeness (QED) is 0.571. The molecular weight excluding hydrogens is 200 g/mol. The van der Waals surface area contributed by atoms with Crippen molar-refractivity contribution in [2.24, 2.45) is 5.73 Å². The topological polar surface area (TPSA) is 49.8 Å². The molecule has 0 aliphatic heterocycles. The third-order valence-corrected chi connectivity index (χ3v) is 5.18. The van der Waals surface area contributed by atoms with E-state index in [1.807, 2.05) is 36.6 Å². The number of thiocarbonyl (C=S) groups is 1. The van der Waals surface area contributed by atoms with Crippen molar-refractivity contribution in [3.05, 3.63) is 30.3 Å². The molecule has 68 valence electrons. The number of rotatable bonds is 1. The van der Waals surface area contributed by atoms with Gasteiger partial charge >= 0.3 is 0 Å². The molecule has 13 heavy (non-hydrogen) atoms. The Hall–Kier alpha value is -1.05. The molecule has 0 bridgehead atoms. The number of hydrogen-bond donors (Lipinski definition) is 1. The number of nitrogens with two attached hydrogens (primary N) is 1. The zero-order valence-corrected chi connectivity index (χ0v) is 8.86. The van der Waals surface area contributed by atoms with Crippen LogP contribution in [0.5, 0.6) is 0 Å². The average molecular weight is 210 g/mol. The van der Waals surface area contributed by atoms with Crippen LogP contribution in [-0.4, -0.2) is 10.6 Å². The van der Waals surface area contributed by atoms with E-state index in [9.17, 15) is 0 Å². The first kappa shape index (κ1) is 10.0. The van der Waals surface area contributed by atoms with Crippen LogP contribution in [-0.2, 0) is 0 Å². The second-order valence-corrected chi connectivity index (χ2v) is 6.27. The van der Waals surface area contributed by atoms with E-state index in [-0.39, 0.29) is 0 Å². The first-order valence-electron chi connectivity index (χ1n) is 3.65. The van der Waals surface area contributed by atoms with Gasteiger partial charge in [0.2, 0.25) is 0 Å². The molecule has 1 aromatic rings. The molecule has 1 unspecified atom stereocenters. The number of nitriles is 1. The summed E-state index contributed by atoms with van der Waals surface area (Å²) in [6.45, 7) is 0. The van der Waals surface area contributed by atoms with E-state index in [0.29, 0.717) is 4.32 Å². The number of benzene rings is 1. The van der Waals surface area contributed by atoms with Gasteiger partial charge in [0.25, 0.3) is 0 Å². The van der Waals surface area contributed by atoms with Gasteiger partial charge in [-0.15, -0.1) is 0 Å². The van der Waals surface area contributed by atoms with Gasteiger partial charge in [0, 0.05) is 4.90 Å². The van der Waals surface area contributed by atoms with Crippen LogP contribution in [0.4, 0.5) is 0 Å². The van der Waals surface area contributed by atoms with Gasteiger partial charge in [-0.1, -0.05) is 40.4 Å². The molecule has 0 aromatic heterocycles.